The van der Waals surface area contributed by atoms with Gasteiger partial charge in [0.2, 0.25) is 0 Å². The Hall–Kier alpha value is -3.58. The Labute approximate surface area is 175 Å². The molecule has 4 rings (SSSR count). The van der Waals surface area contributed by atoms with E-state index in [1.165, 1.54) is 18.2 Å². The van der Waals surface area contributed by atoms with Crippen molar-refractivity contribution >= 4 is 32.5 Å². The van der Waals surface area contributed by atoms with Crippen LogP contribution in [0.5, 0.6) is 0 Å². The molecule has 0 bridgehead atoms. The molecule has 0 aliphatic heterocycles. The van der Waals surface area contributed by atoms with Crippen LogP contribution in [-0.4, -0.2) is 25.9 Å². The first-order valence-electron chi connectivity index (χ1n) is 9.54. The SMILES string of the molecule is O=C(NCCc1c[nH]c2ccccc12)c1cccc(NS(=O)(=O)c2ccccc2)c1. The number of amides is 1. The Kier molecular flexibility index (Phi) is 5.54. The molecule has 0 saturated carbocycles. The zero-order valence-corrected chi connectivity index (χ0v) is 16.9. The highest BCUT2D eigenvalue weighted by molar-refractivity contribution is 7.92. The summed E-state index contributed by atoms with van der Waals surface area (Å²) in [6, 6.07) is 22.6. The Balaban J connectivity index is 1.40. The molecule has 1 heterocycles. The Morgan fingerprint density at radius 1 is 0.900 bits per heavy atom. The lowest BCUT2D eigenvalue weighted by Crippen LogP contribution is -2.25. The summed E-state index contributed by atoms with van der Waals surface area (Å²) < 4.78 is 27.5. The molecule has 3 N–H and O–H groups in total. The lowest BCUT2D eigenvalue weighted by atomic mass is 10.1. The van der Waals surface area contributed by atoms with Gasteiger partial charge in [0.15, 0.2) is 0 Å². The number of rotatable bonds is 7. The Morgan fingerprint density at radius 2 is 1.67 bits per heavy atom. The molecule has 152 valence electrons. The molecule has 3 aromatic carbocycles. The van der Waals surface area contributed by atoms with Crippen LogP contribution in [0, 0.1) is 0 Å². The predicted octanol–water partition coefficient (Wildman–Crippen LogP) is 3.94. The number of H-pyrrole nitrogens is 1. The second-order valence-corrected chi connectivity index (χ2v) is 8.55. The molecule has 0 atom stereocenters. The van der Waals surface area contributed by atoms with Crippen LogP contribution in [0.25, 0.3) is 10.9 Å². The summed E-state index contributed by atoms with van der Waals surface area (Å²) in [5, 5.41) is 4.04. The van der Waals surface area contributed by atoms with Crippen molar-refractivity contribution in [1.29, 1.82) is 0 Å². The zero-order chi connectivity index (χ0) is 21.0. The van der Waals surface area contributed by atoms with Gasteiger partial charge in [0.05, 0.1) is 4.90 Å². The molecule has 0 aliphatic carbocycles. The number of carbonyl (C=O) groups excluding carboxylic acids is 1. The van der Waals surface area contributed by atoms with Crippen LogP contribution in [0.3, 0.4) is 0 Å². The van der Waals surface area contributed by atoms with E-state index in [9.17, 15) is 13.2 Å². The molecule has 0 spiro atoms. The van der Waals surface area contributed by atoms with Crippen molar-refractivity contribution in [3.05, 3.63) is 96.2 Å². The molecule has 1 aromatic heterocycles. The number of aromatic nitrogens is 1. The van der Waals surface area contributed by atoms with E-state index in [0.717, 1.165) is 16.5 Å². The number of benzene rings is 3. The van der Waals surface area contributed by atoms with Gasteiger partial charge in [-0.05, 0) is 48.4 Å². The minimum absolute atomic E-state index is 0.165. The summed E-state index contributed by atoms with van der Waals surface area (Å²) in [4.78, 5) is 15.9. The average Bonchev–Trinajstić information content (AvgIpc) is 3.17. The van der Waals surface area contributed by atoms with E-state index in [2.05, 4.69) is 15.0 Å². The maximum Gasteiger partial charge on any atom is 0.261 e. The minimum atomic E-state index is -3.71. The van der Waals surface area contributed by atoms with E-state index < -0.39 is 10.0 Å². The lowest BCUT2D eigenvalue weighted by molar-refractivity contribution is 0.0954. The molecule has 7 heteroatoms. The van der Waals surface area contributed by atoms with E-state index in [1.54, 1.807) is 36.4 Å². The largest absolute Gasteiger partial charge is 0.361 e. The highest BCUT2D eigenvalue weighted by Gasteiger charge is 2.14. The number of fused-ring (bicyclic) bond motifs is 1. The molecule has 1 amide bonds. The molecule has 0 saturated heterocycles. The molecular weight excluding hydrogens is 398 g/mol. The van der Waals surface area contributed by atoms with E-state index in [0.29, 0.717) is 24.2 Å². The first-order valence-corrected chi connectivity index (χ1v) is 11.0. The normalized spacial score (nSPS) is 11.3. The first-order chi connectivity index (χ1) is 14.5. The van der Waals surface area contributed by atoms with Gasteiger partial charge >= 0.3 is 0 Å². The fraction of sp³-hybridized carbons (Fsp3) is 0.0870. The van der Waals surface area contributed by atoms with Crippen molar-refractivity contribution in [1.82, 2.24) is 10.3 Å². The molecule has 0 unspecified atom stereocenters. The number of para-hydroxylation sites is 1. The summed E-state index contributed by atoms with van der Waals surface area (Å²) in [5.74, 6) is -0.254. The van der Waals surface area contributed by atoms with Gasteiger partial charge in [-0.2, -0.15) is 0 Å². The van der Waals surface area contributed by atoms with Gasteiger partial charge < -0.3 is 10.3 Å². The first kappa shape index (κ1) is 19.7. The van der Waals surface area contributed by atoms with Gasteiger partial charge in [-0.15, -0.1) is 0 Å². The van der Waals surface area contributed by atoms with Crippen LogP contribution in [0.15, 0.2) is 90.0 Å². The van der Waals surface area contributed by atoms with Crippen LogP contribution in [0.2, 0.25) is 0 Å². The average molecular weight is 420 g/mol. The Morgan fingerprint density at radius 3 is 2.50 bits per heavy atom. The van der Waals surface area contributed by atoms with Gasteiger partial charge in [0, 0.05) is 34.9 Å². The summed E-state index contributed by atoms with van der Waals surface area (Å²) in [5.41, 5.74) is 2.93. The third kappa shape index (κ3) is 4.36. The van der Waals surface area contributed by atoms with Gasteiger partial charge in [-0.1, -0.05) is 42.5 Å². The molecule has 4 aromatic rings. The summed E-state index contributed by atoms with van der Waals surface area (Å²) >= 11 is 0. The van der Waals surface area contributed by atoms with Crippen molar-refractivity contribution < 1.29 is 13.2 Å². The molecule has 0 fully saturated rings. The number of carbonyl (C=O) groups is 1. The summed E-state index contributed by atoms with van der Waals surface area (Å²) in [6.07, 6.45) is 2.64. The molecular formula is C23H21N3O3S. The summed E-state index contributed by atoms with van der Waals surface area (Å²) in [7, 11) is -3.71. The van der Waals surface area contributed by atoms with Crippen LogP contribution < -0.4 is 10.0 Å². The van der Waals surface area contributed by atoms with Gasteiger partial charge in [0.1, 0.15) is 0 Å². The monoisotopic (exact) mass is 419 g/mol. The van der Waals surface area contributed by atoms with E-state index in [4.69, 9.17) is 0 Å². The molecule has 30 heavy (non-hydrogen) atoms. The van der Waals surface area contributed by atoms with Crippen molar-refractivity contribution in [2.75, 3.05) is 11.3 Å². The highest BCUT2D eigenvalue weighted by Crippen LogP contribution is 2.19. The Bertz CT molecular complexity index is 1280. The fourth-order valence-corrected chi connectivity index (χ4v) is 4.36. The molecule has 0 radical (unpaired) electrons. The smallest absolute Gasteiger partial charge is 0.261 e. The number of aromatic amines is 1. The second-order valence-electron chi connectivity index (χ2n) is 6.86. The number of anilines is 1. The topological polar surface area (TPSA) is 91.1 Å². The standard InChI is InChI=1S/C23H21N3O3S/c27-23(24-14-13-18-16-25-22-12-5-4-11-21(18)22)17-7-6-8-19(15-17)26-30(28,29)20-9-2-1-3-10-20/h1-12,15-16,25-26H,13-14H2,(H,24,27). The maximum atomic E-state index is 12.5. The number of hydrogen-bond donors (Lipinski definition) is 3. The van der Waals surface area contributed by atoms with Crippen LogP contribution in [0.4, 0.5) is 5.69 Å². The second kappa shape index (κ2) is 8.42. The fourth-order valence-electron chi connectivity index (χ4n) is 3.29. The molecule has 0 aliphatic rings. The number of sulfonamides is 1. The maximum absolute atomic E-state index is 12.5. The van der Waals surface area contributed by atoms with Crippen molar-refractivity contribution in [3.8, 4) is 0 Å². The van der Waals surface area contributed by atoms with Gasteiger partial charge in [-0.3, -0.25) is 9.52 Å². The molecule has 6 nitrogen and oxygen atoms in total. The lowest BCUT2D eigenvalue weighted by Gasteiger charge is -2.10. The number of hydrogen-bond acceptors (Lipinski definition) is 3. The third-order valence-electron chi connectivity index (χ3n) is 4.79. The quantitative estimate of drug-likeness (QED) is 0.424. The minimum Gasteiger partial charge on any atom is -0.361 e. The third-order valence-corrected chi connectivity index (χ3v) is 6.18. The zero-order valence-electron chi connectivity index (χ0n) is 16.1. The highest BCUT2D eigenvalue weighted by atomic mass is 32.2. The van der Waals surface area contributed by atoms with Gasteiger partial charge in [0.25, 0.3) is 15.9 Å². The van der Waals surface area contributed by atoms with Gasteiger partial charge in [-0.25, -0.2) is 8.42 Å². The number of nitrogens with one attached hydrogen (secondary N) is 3. The van der Waals surface area contributed by atoms with Crippen molar-refractivity contribution in [2.45, 2.75) is 11.3 Å². The van der Waals surface area contributed by atoms with Crippen molar-refractivity contribution in [3.63, 3.8) is 0 Å². The van der Waals surface area contributed by atoms with E-state index in [1.807, 2.05) is 30.5 Å². The van der Waals surface area contributed by atoms with Crippen LogP contribution in [-0.2, 0) is 16.4 Å². The summed E-state index contributed by atoms with van der Waals surface area (Å²) in [6.45, 7) is 0.473. The van der Waals surface area contributed by atoms with Crippen LogP contribution in [0.1, 0.15) is 15.9 Å². The predicted molar refractivity (Wildman–Crippen MR) is 118 cm³/mol. The van der Waals surface area contributed by atoms with E-state index >= 15 is 0 Å². The van der Waals surface area contributed by atoms with Crippen LogP contribution >= 0.6 is 0 Å². The van der Waals surface area contributed by atoms with E-state index in [-0.39, 0.29) is 10.8 Å². The van der Waals surface area contributed by atoms with Crippen molar-refractivity contribution in [2.24, 2.45) is 0 Å².